The van der Waals surface area contributed by atoms with Crippen LogP contribution in [0.3, 0.4) is 0 Å². The van der Waals surface area contributed by atoms with Crippen LogP contribution in [0.15, 0.2) is 12.3 Å². The molecular formula is C10H14ClN5O3. The molecule has 1 aromatic heterocycles. The molecule has 19 heavy (non-hydrogen) atoms. The Kier molecular flexibility index (Phi) is 5.31. The summed E-state index contributed by atoms with van der Waals surface area (Å²) in [5.74, 6) is 0.339. The van der Waals surface area contributed by atoms with Crippen LogP contribution in [0.2, 0.25) is 5.02 Å². The monoisotopic (exact) mass is 287 g/mol. The molecule has 0 saturated heterocycles. The first-order valence-corrected chi connectivity index (χ1v) is 5.78. The van der Waals surface area contributed by atoms with Crippen molar-refractivity contribution in [1.82, 2.24) is 15.2 Å². The Labute approximate surface area is 114 Å². The Morgan fingerprint density at radius 2 is 2.21 bits per heavy atom. The number of anilines is 1. The molecule has 0 fully saturated rings. The Morgan fingerprint density at radius 1 is 1.53 bits per heavy atom. The van der Waals surface area contributed by atoms with Crippen molar-refractivity contribution in [2.24, 2.45) is 0 Å². The van der Waals surface area contributed by atoms with Crippen molar-refractivity contribution in [3.8, 4) is 0 Å². The number of nitrogens with zero attached hydrogens (tertiary/aromatic N) is 3. The summed E-state index contributed by atoms with van der Waals surface area (Å²) in [4.78, 5) is 26.4. The molecule has 2 amide bonds. The molecule has 0 aliphatic heterocycles. The minimum absolute atomic E-state index is 0.160. The van der Waals surface area contributed by atoms with Crippen molar-refractivity contribution in [1.29, 1.82) is 0 Å². The maximum Gasteiger partial charge on any atom is 0.316 e. The van der Waals surface area contributed by atoms with Crippen molar-refractivity contribution < 1.29 is 9.72 Å². The number of amides is 2. The number of aromatic nitrogens is 1. The van der Waals surface area contributed by atoms with Crippen LogP contribution in [0.25, 0.3) is 0 Å². The Morgan fingerprint density at radius 3 is 2.74 bits per heavy atom. The third kappa shape index (κ3) is 4.59. The van der Waals surface area contributed by atoms with Crippen LogP contribution in [-0.4, -0.2) is 48.0 Å². The van der Waals surface area contributed by atoms with Crippen LogP contribution in [0.4, 0.5) is 16.3 Å². The summed E-state index contributed by atoms with van der Waals surface area (Å²) in [7, 11) is 3.27. The van der Waals surface area contributed by atoms with Crippen LogP contribution in [0.1, 0.15) is 0 Å². The fourth-order valence-electron chi connectivity index (χ4n) is 1.17. The third-order valence-corrected chi connectivity index (χ3v) is 2.43. The molecule has 9 heteroatoms. The highest BCUT2D eigenvalue weighted by molar-refractivity contribution is 6.33. The summed E-state index contributed by atoms with van der Waals surface area (Å²) >= 11 is 5.84. The lowest BCUT2D eigenvalue weighted by molar-refractivity contribution is -0.385. The fraction of sp³-hybridized carbons (Fsp3) is 0.400. The van der Waals surface area contributed by atoms with Gasteiger partial charge in [0.2, 0.25) is 0 Å². The number of urea groups is 1. The van der Waals surface area contributed by atoms with Crippen LogP contribution in [0.5, 0.6) is 0 Å². The average molecular weight is 288 g/mol. The summed E-state index contributed by atoms with van der Waals surface area (Å²) in [6, 6.07) is 1.01. The maximum atomic E-state index is 11.2. The zero-order chi connectivity index (χ0) is 14.4. The zero-order valence-electron chi connectivity index (χ0n) is 10.5. The van der Waals surface area contributed by atoms with Crippen molar-refractivity contribution in [3.05, 3.63) is 27.4 Å². The number of hydrogen-bond donors (Lipinski definition) is 2. The molecule has 0 bridgehead atoms. The Balaban J connectivity index is 2.46. The fourth-order valence-corrected chi connectivity index (χ4v) is 1.39. The van der Waals surface area contributed by atoms with E-state index in [0.29, 0.717) is 18.9 Å². The molecule has 104 valence electrons. The number of hydrogen-bond acceptors (Lipinski definition) is 5. The number of carbonyl (C=O) groups is 1. The van der Waals surface area contributed by atoms with Crippen LogP contribution < -0.4 is 10.6 Å². The van der Waals surface area contributed by atoms with Gasteiger partial charge in [-0.3, -0.25) is 10.1 Å². The molecule has 0 aromatic carbocycles. The predicted octanol–water partition coefficient (Wildman–Crippen LogP) is 1.33. The summed E-state index contributed by atoms with van der Waals surface area (Å²) in [6.45, 7) is 0.788. The molecule has 0 saturated carbocycles. The van der Waals surface area contributed by atoms with Crippen molar-refractivity contribution in [2.75, 3.05) is 32.5 Å². The van der Waals surface area contributed by atoms with E-state index in [1.807, 2.05) is 0 Å². The number of pyridine rings is 1. The minimum atomic E-state index is -0.569. The molecule has 0 spiro atoms. The van der Waals surface area contributed by atoms with Crippen molar-refractivity contribution >= 4 is 29.1 Å². The van der Waals surface area contributed by atoms with Gasteiger partial charge in [-0.1, -0.05) is 11.6 Å². The molecular weight excluding hydrogens is 274 g/mol. The highest BCUT2D eigenvalue weighted by Gasteiger charge is 2.10. The average Bonchev–Trinajstić information content (AvgIpc) is 2.35. The number of nitrogens with one attached hydrogen (secondary N) is 2. The summed E-state index contributed by atoms with van der Waals surface area (Å²) < 4.78 is 0. The second-order valence-electron chi connectivity index (χ2n) is 3.83. The van der Waals surface area contributed by atoms with Crippen LogP contribution in [-0.2, 0) is 0 Å². The number of carbonyl (C=O) groups excluding carboxylic acids is 1. The molecule has 2 N–H and O–H groups in total. The van der Waals surface area contributed by atoms with E-state index in [9.17, 15) is 14.9 Å². The third-order valence-electron chi connectivity index (χ3n) is 2.14. The van der Waals surface area contributed by atoms with E-state index in [2.05, 4.69) is 15.6 Å². The van der Waals surface area contributed by atoms with E-state index >= 15 is 0 Å². The first-order chi connectivity index (χ1) is 8.91. The maximum absolute atomic E-state index is 11.2. The molecule has 1 rings (SSSR count). The Hall–Kier alpha value is -2.09. The number of nitro groups is 1. The van der Waals surface area contributed by atoms with Crippen LogP contribution in [0, 0.1) is 10.1 Å². The van der Waals surface area contributed by atoms with Gasteiger partial charge in [0.05, 0.1) is 9.95 Å². The normalized spacial score (nSPS) is 9.84. The van der Waals surface area contributed by atoms with Gasteiger partial charge in [-0.2, -0.15) is 0 Å². The summed E-state index contributed by atoms with van der Waals surface area (Å²) in [6.07, 6.45) is 1.12. The van der Waals surface area contributed by atoms with Crippen LogP contribution >= 0.6 is 11.6 Å². The summed E-state index contributed by atoms with van der Waals surface area (Å²) in [5, 5.41) is 16.2. The molecule has 0 radical (unpaired) electrons. The smallest absolute Gasteiger partial charge is 0.316 e. The molecule has 0 aliphatic rings. The second-order valence-corrected chi connectivity index (χ2v) is 4.24. The van der Waals surface area contributed by atoms with Gasteiger partial charge in [0, 0.05) is 33.3 Å². The second kappa shape index (κ2) is 6.74. The standard InChI is InChI=1S/C10H14ClN5O3/c1-15(2)10(17)13-4-3-12-9-8(11)5-7(6-14-9)16(18)19/h5-6H,3-4H2,1-2H3,(H,12,14)(H,13,17). The Bertz CT molecular complexity index is 480. The molecule has 0 unspecified atom stereocenters. The van der Waals surface area contributed by atoms with Gasteiger partial charge in [0.15, 0.2) is 0 Å². The van der Waals surface area contributed by atoms with Gasteiger partial charge >= 0.3 is 6.03 Å². The highest BCUT2D eigenvalue weighted by Crippen LogP contribution is 2.23. The summed E-state index contributed by atoms with van der Waals surface area (Å²) in [5.41, 5.74) is -0.170. The molecule has 0 atom stereocenters. The van der Waals surface area contributed by atoms with E-state index in [0.717, 1.165) is 6.20 Å². The molecule has 1 heterocycles. The van der Waals surface area contributed by atoms with Gasteiger partial charge in [-0.05, 0) is 0 Å². The topological polar surface area (TPSA) is 100 Å². The number of rotatable bonds is 5. The lowest BCUT2D eigenvalue weighted by Crippen LogP contribution is -2.37. The lowest BCUT2D eigenvalue weighted by Gasteiger charge is -2.12. The number of halogens is 1. The quantitative estimate of drug-likeness (QED) is 0.483. The first kappa shape index (κ1) is 15.0. The highest BCUT2D eigenvalue weighted by atomic mass is 35.5. The van der Waals surface area contributed by atoms with Gasteiger partial charge in [0.25, 0.3) is 5.69 Å². The molecule has 0 aliphatic carbocycles. The van der Waals surface area contributed by atoms with E-state index in [-0.39, 0.29) is 16.7 Å². The molecule has 1 aromatic rings. The van der Waals surface area contributed by atoms with E-state index in [4.69, 9.17) is 11.6 Å². The van der Waals surface area contributed by atoms with Gasteiger partial charge in [0.1, 0.15) is 12.0 Å². The minimum Gasteiger partial charge on any atom is -0.367 e. The van der Waals surface area contributed by atoms with E-state index < -0.39 is 4.92 Å². The zero-order valence-corrected chi connectivity index (χ0v) is 11.3. The van der Waals surface area contributed by atoms with Gasteiger partial charge in [-0.15, -0.1) is 0 Å². The van der Waals surface area contributed by atoms with Gasteiger partial charge in [-0.25, -0.2) is 9.78 Å². The first-order valence-electron chi connectivity index (χ1n) is 5.40. The molecule has 8 nitrogen and oxygen atoms in total. The largest absolute Gasteiger partial charge is 0.367 e. The SMILES string of the molecule is CN(C)C(=O)NCCNc1ncc([N+](=O)[O-])cc1Cl. The lowest BCUT2D eigenvalue weighted by atomic mass is 10.4. The predicted molar refractivity (Wildman–Crippen MR) is 71.5 cm³/mol. The van der Waals surface area contributed by atoms with E-state index in [1.165, 1.54) is 11.0 Å². The van der Waals surface area contributed by atoms with Gasteiger partial charge < -0.3 is 15.5 Å². The van der Waals surface area contributed by atoms with Crippen molar-refractivity contribution in [3.63, 3.8) is 0 Å². The van der Waals surface area contributed by atoms with E-state index in [1.54, 1.807) is 14.1 Å². The van der Waals surface area contributed by atoms with Crippen molar-refractivity contribution in [2.45, 2.75) is 0 Å².